The molecule has 1 heterocycles. The van der Waals surface area contributed by atoms with Crippen molar-refractivity contribution in [3.63, 3.8) is 0 Å². The zero-order chi connectivity index (χ0) is 15.3. The third-order valence-electron chi connectivity index (χ3n) is 4.45. The molecule has 0 unspecified atom stereocenters. The standard InChI is InChI=1S/C14H27N3O3S/c1-21(19,20)17-10-8-13(9-11-17)16-14(18)15-12-6-4-2-3-5-7-12/h12-13H,2-11H2,1H3,(H2,15,16,18). The summed E-state index contributed by atoms with van der Waals surface area (Å²) in [6.07, 6.45) is 9.67. The molecule has 0 atom stereocenters. The third-order valence-corrected chi connectivity index (χ3v) is 5.75. The molecule has 0 aromatic heterocycles. The Hall–Kier alpha value is -0.820. The van der Waals surface area contributed by atoms with E-state index in [1.807, 2.05) is 0 Å². The van der Waals surface area contributed by atoms with E-state index in [9.17, 15) is 13.2 Å². The van der Waals surface area contributed by atoms with Crippen LogP contribution in [0.4, 0.5) is 4.79 Å². The van der Waals surface area contributed by atoms with Crippen molar-refractivity contribution >= 4 is 16.1 Å². The van der Waals surface area contributed by atoms with Crippen LogP contribution in [-0.2, 0) is 10.0 Å². The van der Waals surface area contributed by atoms with Crippen molar-refractivity contribution in [1.82, 2.24) is 14.9 Å². The lowest BCUT2D eigenvalue weighted by molar-refractivity contribution is 0.223. The molecule has 21 heavy (non-hydrogen) atoms. The van der Waals surface area contributed by atoms with Crippen LogP contribution in [0.1, 0.15) is 51.4 Å². The molecular weight excluding hydrogens is 290 g/mol. The monoisotopic (exact) mass is 317 g/mol. The van der Waals surface area contributed by atoms with Gasteiger partial charge in [-0.15, -0.1) is 0 Å². The molecule has 6 nitrogen and oxygen atoms in total. The maximum absolute atomic E-state index is 12.0. The fourth-order valence-corrected chi connectivity index (χ4v) is 4.04. The van der Waals surface area contributed by atoms with Gasteiger partial charge in [-0.1, -0.05) is 25.7 Å². The van der Waals surface area contributed by atoms with E-state index >= 15 is 0 Å². The lowest BCUT2D eigenvalue weighted by Crippen LogP contribution is -2.50. The molecule has 2 rings (SSSR count). The Kier molecular flexibility index (Phi) is 5.87. The quantitative estimate of drug-likeness (QED) is 0.773. The molecule has 2 aliphatic rings. The van der Waals surface area contributed by atoms with Gasteiger partial charge in [-0.25, -0.2) is 17.5 Å². The van der Waals surface area contributed by atoms with E-state index in [0.29, 0.717) is 32.0 Å². The Morgan fingerprint density at radius 3 is 1.86 bits per heavy atom. The summed E-state index contributed by atoms with van der Waals surface area (Å²) in [5.41, 5.74) is 0. The molecule has 0 spiro atoms. The molecule has 122 valence electrons. The number of amides is 2. The average molecular weight is 317 g/mol. The van der Waals surface area contributed by atoms with E-state index in [1.165, 1.54) is 36.2 Å². The van der Waals surface area contributed by atoms with Gasteiger partial charge in [-0.2, -0.15) is 0 Å². The SMILES string of the molecule is CS(=O)(=O)N1CCC(NC(=O)NC2CCCCCC2)CC1. The largest absolute Gasteiger partial charge is 0.335 e. The number of sulfonamides is 1. The van der Waals surface area contributed by atoms with Crippen LogP contribution >= 0.6 is 0 Å². The highest BCUT2D eigenvalue weighted by Crippen LogP contribution is 2.17. The number of rotatable bonds is 3. The van der Waals surface area contributed by atoms with Gasteiger partial charge in [-0.3, -0.25) is 0 Å². The van der Waals surface area contributed by atoms with Gasteiger partial charge >= 0.3 is 6.03 Å². The van der Waals surface area contributed by atoms with Gasteiger partial charge in [0.05, 0.1) is 6.26 Å². The summed E-state index contributed by atoms with van der Waals surface area (Å²) in [6, 6.07) is 0.275. The third kappa shape index (κ3) is 5.47. The van der Waals surface area contributed by atoms with Gasteiger partial charge in [-0.05, 0) is 25.7 Å². The summed E-state index contributed by atoms with van der Waals surface area (Å²) in [6.45, 7) is 0.987. The molecule has 0 aromatic rings. The second-order valence-corrected chi connectivity index (χ2v) is 8.23. The van der Waals surface area contributed by atoms with E-state index in [1.54, 1.807) is 0 Å². The normalized spacial score (nSPS) is 23.5. The van der Waals surface area contributed by atoms with E-state index in [0.717, 1.165) is 12.8 Å². The summed E-state index contributed by atoms with van der Waals surface area (Å²) in [4.78, 5) is 12.0. The van der Waals surface area contributed by atoms with Crippen molar-refractivity contribution < 1.29 is 13.2 Å². The van der Waals surface area contributed by atoms with Crippen LogP contribution in [0, 0.1) is 0 Å². The van der Waals surface area contributed by atoms with Gasteiger partial charge in [0.1, 0.15) is 0 Å². The summed E-state index contributed by atoms with van der Waals surface area (Å²) in [7, 11) is -3.10. The predicted molar refractivity (Wildman–Crippen MR) is 82.6 cm³/mol. The number of nitrogens with zero attached hydrogens (tertiary/aromatic N) is 1. The van der Waals surface area contributed by atoms with Crippen LogP contribution in [0.25, 0.3) is 0 Å². The molecule has 1 aliphatic carbocycles. The Bertz CT molecular complexity index is 436. The Labute approximate surface area is 127 Å². The van der Waals surface area contributed by atoms with Gasteiger partial charge < -0.3 is 10.6 Å². The Morgan fingerprint density at radius 2 is 1.38 bits per heavy atom. The Morgan fingerprint density at radius 1 is 0.905 bits per heavy atom. The first-order chi connectivity index (χ1) is 9.95. The van der Waals surface area contributed by atoms with Crippen LogP contribution in [0.15, 0.2) is 0 Å². The van der Waals surface area contributed by atoms with Crippen LogP contribution in [0.5, 0.6) is 0 Å². The molecule has 2 amide bonds. The molecule has 1 saturated carbocycles. The summed E-state index contributed by atoms with van der Waals surface area (Å²) in [5.74, 6) is 0. The zero-order valence-electron chi connectivity index (χ0n) is 12.8. The number of carbonyl (C=O) groups is 1. The fourth-order valence-electron chi connectivity index (χ4n) is 3.17. The fraction of sp³-hybridized carbons (Fsp3) is 0.929. The topological polar surface area (TPSA) is 78.5 Å². The van der Waals surface area contributed by atoms with Gasteiger partial charge in [0.2, 0.25) is 10.0 Å². The number of piperidine rings is 1. The molecule has 1 saturated heterocycles. The molecule has 2 N–H and O–H groups in total. The van der Waals surface area contributed by atoms with Crippen molar-refractivity contribution in [1.29, 1.82) is 0 Å². The van der Waals surface area contributed by atoms with E-state index in [2.05, 4.69) is 10.6 Å². The number of nitrogens with one attached hydrogen (secondary N) is 2. The number of hydrogen-bond acceptors (Lipinski definition) is 3. The minimum atomic E-state index is -3.10. The zero-order valence-corrected chi connectivity index (χ0v) is 13.6. The molecule has 0 bridgehead atoms. The van der Waals surface area contributed by atoms with Gasteiger partial charge in [0, 0.05) is 25.2 Å². The van der Waals surface area contributed by atoms with Crippen molar-refractivity contribution in [3.05, 3.63) is 0 Å². The summed E-state index contributed by atoms with van der Waals surface area (Å²) < 4.78 is 24.4. The molecule has 0 aromatic carbocycles. The van der Waals surface area contributed by atoms with Crippen LogP contribution < -0.4 is 10.6 Å². The van der Waals surface area contributed by atoms with Crippen molar-refractivity contribution in [2.75, 3.05) is 19.3 Å². The highest BCUT2D eigenvalue weighted by atomic mass is 32.2. The second kappa shape index (κ2) is 7.45. The van der Waals surface area contributed by atoms with Crippen molar-refractivity contribution in [2.45, 2.75) is 63.5 Å². The van der Waals surface area contributed by atoms with Crippen LogP contribution in [0.2, 0.25) is 0 Å². The molecule has 0 radical (unpaired) electrons. The van der Waals surface area contributed by atoms with Crippen LogP contribution in [-0.4, -0.2) is 50.2 Å². The number of carbonyl (C=O) groups excluding carboxylic acids is 1. The number of urea groups is 1. The maximum Gasteiger partial charge on any atom is 0.315 e. The molecule has 7 heteroatoms. The lowest BCUT2D eigenvalue weighted by atomic mass is 10.1. The smallest absolute Gasteiger partial charge is 0.315 e. The Balaban J connectivity index is 1.71. The summed E-state index contributed by atoms with van der Waals surface area (Å²) >= 11 is 0. The molecule has 2 fully saturated rings. The van der Waals surface area contributed by atoms with Crippen molar-refractivity contribution in [2.24, 2.45) is 0 Å². The van der Waals surface area contributed by atoms with Gasteiger partial charge in [0.25, 0.3) is 0 Å². The average Bonchev–Trinajstić information content (AvgIpc) is 2.67. The highest BCUT2D eigenvalue weighted by molar-refractivity contribution is 7.88. The van der Waals surface area contributed by atoms with E-state index in [-0.39, 0.29) is 12.1 Å². The minimum Gasteiger partial charge on any atom is -0.335 e. The van der Waals surface area contributed by atoms with Crippen LogP contribution in [0.3, 0.4) is 0 Å². The summed E-state index contributed by atoms with van der Waals surface area (Å²) in [5, 5.41) is 6.05. The van der Waals surface area contributed by atoms with Gasteiger partial charge in [0.15, 0.2) is 0 Å². The maximum atomic E-state index is 12.0. The second-order valence-electron chi connectivity index (χ2n) is 6.24. The molecule has 1 aliphatic heterocycles. The lowest BCUT2D eigenvalue weighted by Gasteiger charge is -2.31. The van der Waals surface area contributed by atoms with E-state index < -0.39 is 10.0 Å². The highest BCUT2D eigenvalue weighted by Gasteiger charge is 2.26. The molecular formula is C14H27N3O3S. The first-order valence-corrected chi connectivity index (χ1v) is 9.82. The number of hydrogen-bond donors (Lipinski definition) is 2. The minimum absolute atomic E-state index is 0.0776. The van der Waals surface area contributed by atoms with Crippen molar-refractivity contribution in [3.8, 4) is 0 Å². The van der Waals surface area contributed by atoms with E-state index in [4.69, 9.17) is 0 Å². The first-order valence-electron chi connectivity index (χ1n) is 7.97. The first kappa shape index (κ1) is 16.5. The predicted octanol–water partition coefficient (Wildman–Crippen LogP) is 1.43.